The van der Waals surface area contributed by atoms with Crippen molar-refractivity contribution in [2.45, 2.75) is 56.9 Å². The molecule has 3 N–H and O–H groups in total. The molecule has 2 aliphatic heterocycles. The number of carbonyl (C=O) groups excluding carboxylic acids is 2. The first-order valence-electron chi connectivity index (χ1n) is 8.92. The van der Waals surface area contributed by atoms with Gasteiger partial charge in [0.2, 0.25) is 5.91 Å². The van der Waals surface area contributed by atoms with Crippen molar-refractivity contribution in [3.8, 4) is 0 Å². The largest absolute Gasteiger partial charge is 0.332 e. The molecular formula is C18H25N3O4S. The van der Waals surface area contributed by atoms with Gasteiger partial charge in [-0.3, -0.25) is 4.79 Å². The Morgan fingerprint density at radius 1 is 1.23 bits per heavy atom. The van der Waals surface area contributed by atoms with Crippen LogP contribution in [0.3, 0.4) is 0 Å². The Bertz CT molecular complexity index is 822. The summed E-state index contributed by atoms with van der Waals surface area (Å²) in [5.74, 6) is -0.0752. The lowest BCUT2D eigenvalue weighted by molar-refractivity contribution is -0.116. The van der Waals surface area contributed by atoms with E-state index in [0.29, 0.717) is 25.7 Å². The number of fused-ring (bicyclic) bond motifs is 1. The highest BCUT2D eigenvalue weighted by Crippen LogP contribution is 2.28. The van der Waals surface area contributed by atoms with Gasteiger partial charge in [0.1, 0.15) is 0 Å². The van der Waals surface area contributed by atoms with Crippen LogP contribution in [0.5, 0.6) is 0 Å². The van der Waals surface area contributed by atoms with Crippen LogP contribution in [0.4, 0.5) is 10.5 Å². The molecule has 3 amide bonds. The quantitative estimate of drug-likeness (QED) is 0.516. The molecule has 8 heteroatoms. The van der Waals surface area contributed by atoms with E-state index in [0.717, 1.165) is 16.8 Å². The third kappa shape index (κ3) is 4.00. The molecule has 0 bridgehead atoms. The normalized spacial score (nSPS) is 26.1. The topological polar surface area (TPSA) is 104 Å². The molecule has 2 aliphatic rings. The van der Waals surface area contributed by atoms with E-state index in [1.54, 1.807) is 0 Å². The van der Waals surface area contributed by atoms with Gasteiger partial charge in [0.15, 0.2) is 9.84 Å². The number of hydrogen-bond acceptors (Lipinski definition) is 4. The highest BCUT2D eigenvalue weighted by Gasteiger charge is 2.51. The van der Waals surface area contributed by atoms with Crippen molar-refractivity contribution in [3.05, 3.63) is 29.3 Å². The molecule has 0 unspecified atom stereocenters. The standard InChI is InChI=1S/C18H25N3O4S/c1-11-7-8-13(12(2)9-11)19-16(22)6-4-3-5-15-17-14(10-26(15,24)25)20-18(23)21-17/h7-9,14-15,17H,3-6,10H2,1-2H3,(H,19,22)(H2,20,21,23)/t14-,15+,17+/m0/s1. The summed E-state index contributed by atoms with van der Waals surface area (Å²) in [6.45, 7) is 3.95. The van der Waals surface area contributed by atoms with E-state index >= 15 is 0 Å². The van der Waals surface area contributed by atoms with Crippen LogP contribution in [0.25, 0.3) is 0 Å². The zero-order chi connectivity index (χ0) is 18.9. The summed E-state index contributed by atoms with van der Waals surface area (Å²) in [6, 6.07) is 4.88. The second-order valence-electron chi connectivity index (χ2n) is 7.23. The van der Waals surface area contributed by atoms with Gasteiger partial charge >= 0.3 is 6.03 Å². The molecule has 3 rings (SSSR count). The number of benzene rings is 1. The van der Waals surface area contributed by atoms with Gasteiger partial charge in [-0.15, -0.1) is 0 Å². The van der Waals surface area contributed by atoms with E-state index in [1.165, 1.54) is 0 Å². The zero-order valence-electron chi connectivity index (χ0n) is 15.0. The summed E-state index contributed by atoms with van der Waals surface area (Å²) in [7, 11) is -3.21. The zero-order valence-corrected chi connectivity index (χ0v) is 15.9. The molecule has 142 valence electrons. The molecule has 0 radical (unpaired) electrons. The van der Waals surface area contributed by atoms with Crippen molar-refractivity contribution < 1.29 is 18.0 Å². The third-order valence-electron chi connectivity index (χ3n) is 5.12. The van der Waals surface area contributed by atoms with Crippen molar-refractivity contribution >= 4 is 27.5 Å². The average molecular weight is 379 g/mol. The summed E-state index contributed by atoms with van der Waals surface area (Å²) >= 11 is 0. The van der Waals surface area contributed by atoms with Gasteiger partial charge in [-0.05, 0) is 38.3 Å². The summed E-state index contributed by atoms with van der Waals surface area (Å²) in [6.07, 6.45) is 2.05. The van der Waals surface area contributed by atoms with E-state index in [-0.39, 0.29) is 29.8 Å². The van der Waals surface area contributed by atoms with Gasteiger partial charge in [-0.2, -0.15) is 0 Å². The number of carbonyl (C=O) groups is 2. The van der Waals surface area contributed by atoms with Gasteiger partial charge in [-0.25, -0.2) is 13.2 Å². The molecule has 2 saturated heterocycles. The SMILES string of the molecule is Cc1ccc(NC(=O)CCCC[C@@H]2[C@@H]3NC(=O)N[C@H]3CS2(=O)=O)c(C)c1. The highest BCUT2D eigenvalue weighted by atomic mass is 32.2. The number of aryl methyl sites for hydroxylation is 2. The Balaban J connectivity index is 1.46. The molecule has 0 spiro atoms. The predicted octanol–water partition coefficient (Wildman–Crippen LogP) is 1.65. The van der Waals surface area contributed by atoms with Crippen molar-refractivity contribution in [2.24, 2.45) is 0 Å². The number of unbranched alkanes of at least 4 members (excludes halogenated alkanes) is 1. The maximum absolute atomic E-state index is 12.2. The first-order valence-corrected chi connectivity index (χ1v) is 10.6. The van der Waals surface area contributed by atoms with E-state index in [9.17, 15) is 18.0 Å². The predicted molar refractivity (Wildman–Crippen MR) is 99.8 cm³/mol. The molecule has 2 fully saturated rings. The Kier molecular flexibility index (Phi) is 5.22. The summed E-state index contributed by atoms with van der Waals surface area (Å²) in [5, 5.41) is 7.70. The Morgan fingerprint density at radius 2 is 2.00 bits per heavy atom. The minimum atomic E-state index is -3.21. The number of amides is 3. The lowest BCUT2D eigenvalue weighted by Gasteiger charge is -2.16. The molecule has 0 saturated carbocycles. The van der Waals surface area contributed by atoms with E-state index in [4.69, 9.17) is 0 Å². The molecular weight excluding hydrogens is 354 g/mol. The fourth-order valence-corrected chi connectivity index (χ4v) is 6.07. The van der Waals surface area contributed by atoms with Crippen LogP contribution in [-0.2, 0) is 14.6 Å². The monoisotopic (exact) mass is 379 g/mol. The minimum Gasteiger partial charge on any atom is -0.332 e. The van der Waals surface area contributed by atoms with Crippen LogP contribution in [0.1, 0.15) is 36.8 Å². The van der Waals surface area contributed by atoms with E-state index in [1.807, 2.05) is 32.0 Å². The molecule has 0 aromatic heterocycles. The first kappa shape index (κ1) is 18.7. The highest BCUT2D eigenvalue weighted by molar-refractivity contribution is 7.92. The average Bonchev–Trinajstić information content (AvgIpc) is 2.99. The summed E-state index contributed by atoms with van der Waals surface area (Å²) < 4.78 is 24.5. The molecule has 7 nitrogen and oxygen atoms in total. The smallest absolute Gasteiger partial charge is 0.315 e. The van der Waals surface area contributed by atoms with Gasteiger partial charge in [0.25, 0.3) is 0 Å². The summed E-state index contributed by atoms with van der Waals surface area (Å²) in [4.78, 5) is 23.5. The van der Waals surface area contributed by atoms with Gasteiger partial charge < -0.3 is 16.0 Å². The number of rotatable bonds is 6. The van der Waals surface area contributed by atoms with Gasteiger partial charge in [0.05, 0.1) is 23.1 Å². The van der Waals surface area contributed by atoms with Crippen LogP contribution in [0.15, 0.2) is 18.2 Å². The van der Waals surface area contributed by atoms with Gasteiger partial charge in [0, 0.05) is 12.1 Å². The second-order valence-corrected chi connectivity index (χ2v) is 9.49. The van der Waals surface area contributed by atoms with E-state index in [2.05, 4.69) is 16.0 Å². The number of sulfone groups is 1. The summed E-state index contributed by atoms with van der Waals surface area (Å²) in [5.41, 5.74) is 2.97. The lowest BCUT2D eigenvalue weighted by Crippen LogP contribution is -2.39. The van der Waals surface area contributed by atoms with Crippen LogP contribution in [0.2, 0.25) is 0 Å². The Hall–Kier alpha value is -2.09. The Labute approximate surface area is 153 Å². The fraction of sp³-hybridized carbons (Fsp3) is 0.556. The fourth-order valence-electron chi connectivity index (χ4n) is 3.80. The maximum atomic E-state index is 12.2. The second kappa shape index (κ2) is 7.26. The molecule has 2 heterocycles. The van der Waals surface area contributed by atoms with Crippen LogP contribution in [-0.4, -0.2) is 43.4 Å². The first-order chi connectivity index (χ1) is 12.3. The van der Waals surface area contributed by atoms with Crippen LogP contribution >= 0.6 is 0 Å². The van der Waals surface area contributed by atoms with Crippen LogP contribution < -0.4 is 16.0 Å². The van der Waals surface area contributed by atoms with Gasteiger partial charge in [-0.1, -0.05) is 24.1 Å². The molecule has 0 aliphatic carbocycles. The molecule has 1 aromatic rings. The van der Waals surface area contributed by atoms with Crippen LogP contribution in [0, 0.1) is 13.8 Å². The molecule has 1 aromatic carbocycles. The van der Waals surface area contributed by atoms with Crippen molar-refractivity contribution in [3.63, 3.8) is 0 Å². The number of nitrogens with one attached hydrogen (secondary N) is 3. The van der Waals surface area contributed by atoms with Crippen molar-refractivity contribution in [1.29, 1.82) is 0 Å². The number of anilines is 1. The number of hydrogen-bond donors (Lipinski definition) is 3. The minimum absolute atomic E-state index is 0.00569. The maximum Gasteiger partial charge on any atom is 0.315 e. The Morgan fingerprint density at radius 3 is 2.73 bits per heavy atom. The number of urea groups is 1. The molecule has 3 atom stereocenters. The van der Waals surface area contributed by atoms with Crippen molar-refractivity contribution in [1.82, 2.24) is 10.6 Å². The third-order valence-corrected chi connectivity index (χ3v) is 7.40. The van der Waals surface area contributed by atoms with Crippen molar-refractivity contribution in [2.75, 3.05) is 11.1 Å². The molecule has 26 heavy (non-hydrogen) atoms. The lowest BCUT2D eigenvalue weighted by atomic mass is 10.0. The van der Waals surface area contributed by atoms with E-state index < -0.39 is 15.1 Å².